The Bertz CT molecular complexity index is 2010. The van der Waals surface area contributed by atoms with Crippen molar-refractivity contribution in [3.63, 3.8) is 0 Å². The number of amidine groups is 1. The molecular formula is C48H63ClN8O3. The number of aldehydes is 1. The summed E-state index contributed by atoms with van der Waals surface area (Å²) in [6, 6.07) is 27.9. The summed E-state index contributed by atoms with van der Waals surface area (Å²) in [7, 11) is 2.17. The molecule has 8 rings (SSSR count). The lowest BCUT2D eigenvalue weighted by molar-refractivity contribution is -0.130. The molecular weight excluding hydrogens is 772 g/mol. The summed E-state index contributed by atoms with van der Waals surface area (Å²) in [6.45, 7) is 18.1. The van der Waals surface area contributed by atoms with E-state index in [2.05, 4.69) is 109 Å². The largest absolute Gasteiger partial charge is 0.454 e. The van der Waals surface area contributed by atoms with Gasteiger partial charge in [-0.25, -0.2) is 4.99 Å². The van der Waals surface area contributed by atoms with Crippen molar-refractivity contribution in [1.29, 1.82) is 0 Å². The number of nitrogens with zero attached hydrogens (tertiary/aromatic N) is 5. The average Bonchev–Trinajstić information content (AvgIpc) is 3.69. The zero-order valence-electron chi connectivity index (χ0n) is 36.2. The molecule has 0 saturated carbocycles. The monoisotopic (exact) mass is 834 g/mol. The van der Waals surface area contributed by atoms with Crippen molar-refractivity contribution in [1.82, 2.24) is 20.0 Å². The smallest absolute Gasteiger partial charge is 0.219 e. The van der Waals surface area contributed by atoms with Crippen molar-refractivity contribution >= 4 is 58.6 Å². The predicted octanol–water partition coefficient (Wildman–Crippen LogP) is 8.71. The lowest BCUT2D eigenvalue weighted by Gasteiger charge is -2.36. The SMILES string of the molecule is C#C.CC(=O)N1CCN(C2=Nc3cc(Cl)ccc3Oc3ccccc32)CC1.CC(C)C.CCc1ccc2c(c1)N=Cc1ccccc1N2.CN1CCCNCC1.NCC=O. The minimum absolute atomic E-state index is 0.114. The number of carbonyl (C=O) groups is 2. The van der Waals surface area contributed by atoms with Crippen LogP contribution in [0.4, 0.5) is 22.7 Å². The van der Waals surface area contributed by atoms with Crippen LogP contribution in [0.3, 0.4) is 0 Å². The Hall–Kier alpha value is -5.51. The minimum atomic E-state index is 0.114. The summed E-state index contributed by atoms with van der Waals surface area (Å²) in [6.07, 6.45) is 12.9. The number of aliphatic imine (C=N–C) groups is 2. The average molecular weight is 836 g/mol. The van der Waals surface area contributed by atoms with Gasteiger partial charge in [-0.05, 0) is 93.0 Å². The molecule has 320 valence electrons. The van der Waals surface area contributed by atoms with Gasteiger partial charge in [0.05, 0.1) is 16.9 Å². The number of fused-ring (bicyclic) bond motifs is 4. The summed E-state index contributed by atoms with van der Waals surface area (Å²) in [5.74, 6) is 3.27. The predicted molar refractivity (Wildman–Crippen MR) is 251 cm³/mol. The van der Waals surface area contributed by atoms with E-state index < -0.39 is 0 Å². The highest BCUT2D eigenvalue weighted by molar-refractivity contribution is 6.31. The molecule has 4 aromatic carbocycles. The van der Waals surface area contributed by atoms with Crippen LogP contribution >= 0.6 is 11.6 Å². The summed E-state index contributed by atoms with van der Waals surface area (Å²) < 4.78 is 6.07. The van der Waals surface area contributed by atoms with Gasteiger partial charge in [-0.1, -0.05) is 75.7 Å². The number of halogens is 1. The molecule has 0 spiro atoms. The van der Waals surface area contributed by atoms with Crippen molar-refractivity contribution < 1.29 is 14.3 Å². The zero-order valence-corrected chi connectivity index (χ0v) is 36.9. The molecule has 0 aromatic heterocycles. The maximum absolute atomic E-state index is 11.6. The van der Waals surface area contributed by atoms with Gasteiger partial charge in [0.1, 0.15) is 23.6 Å². The third-order valence-corrected chi connectivity index (χ3v) is 9.46. The van der Waals surface area contributed by atoms with Gasteiger partial charge in [-0.15, -0.1) is 12.8 Å². The second kappa shape index (κ2) is 26.6. The van der Waals surface area contributed by atoms with Crippen LogP contribution in [-0.4, -0.2) is 105 Å². The van der Waals surface area contributed by atoms with Crippen LogP contribution in [0.25, 0.3) is 0 Å². The number of nitrogens with two attached hydrogens (primary N) is 1. The number of rotatable bonds is 2. The highest BCUT2D eigenvalue weighted by Crippen LogP contribution is 2.39. The van der Waals surface area contributed by atoms with E-state index in [4.69, 9.17) is 26.1 Å². The highest BCUT2D eigenvalue weighted by Gasteiger charge is 2.26. The second-order valence-electron chi connectivity index (χ2n) is 14.9. The molecule has 0 bridgehead atoms. The number of hydrogen-bond donors (Lipinski definition) is 3. The molecule has 12 heteroatoms. The Kier molecular flexibility index (Phi) is 21.6. The first-order valence-corrected chi connectivity index (χ1v) is 21.0. The van der Waals surface area contributed by atoms with Crippen LogP contribution in [0, 0.1) is 18.8 Å². The molecule has 4 heterocycles. The topological polar surface area (TPSA) is 128 Å². The Morgan fingerprint density at radius 3 is 2.25 bits per heavy atom. The number of para-hydroxylation sites is 2. The van der Waals surface area contributed by atoms with Gasteiger partial charge in [-0.2, -0.15) is 0 Å². The molecule has 11 nitrogen and oxygen atoms in total. The standard InChI is InChI=1S/C19H18ClN3O2.C15H14N2.C6H14N2.C4H10.C2H5NO.C2H2/c1-13(24)22-8-10-23(11-9-22)19-15-4-2-3-5-17(15)25-18-7-6-14(20)12-16(18)21-19;1-2-11-7-8-14-15(9-11)16-10-12-5-3-4-6-13(12)17-14;1-8-5-2-3-7-4-6-8;1-4(2)3;3-1-2-4;1-2/h2-7,12H,8-11H2,1H3;3-10,17H,2H2,1H3;7H,2-6H2,1H3;4H,1-3H3;2H,1,3H2;1-2H. The summed E-state index contributed by atoms with van der Waals surface area (Å²) in [5.41, 5.74) is 12.0. The van der Waals surface area contributed by atoms with E-state index >= 15 is 0 Å². The highest BCUT2D eigenvalue weighted by atomic mass is 35.5. The number of carbonyl (C=O) groups excluding carboxylic acids is 2. The van der Waals surface area contributed by atoms with Gasteiger partial charge in [0.15, 0.2) is 5.75 Å². The molecule has 4 aliphatic rings. The molecule has 2 saturated heterocycles. The number of nitrogens with one attached hydrogen (secondary N) is 2. The second-order valence-corrected chi connectivity index (χ2v) is 15.3. The maximum Gasteiger partial charge on any atom is 0.219 e. The number of hydrogen-bond acceptors (Lipinski definition) is 10. The van der Waals surface area contributed by atoms with Crippen molar-refractivity contribution in [2.45, 2.75) is 47.5 Å². The van der Waals surface area contributed by atoms with E-state index in [1.807, 2.05) is 59.6 Å². The first-order valence-electron chi connectivity index (χ1n) is 20.6. The van der Waals surface area contributed by atoms with E-state index in [0.29, 0.717) is 35.8 Å². The number of ether oxygens (including phenoxy) is 1. The number of amides is 1. The van der Waals surface area contributed by atoms with Crippen molar-refractivity contribution in [3.8, 4) is 24.3 Å². The quantitative estimate of drug-likeness (QED) is 0.119. The number of aryl methyl sites for hydroxylation is 1. The first-order chi connectivity index (χ1) is 29.0. The molecule has 0 radical (unpaired) electrons. The summed E-state index contributed by atoms with van der Waals surface area (Å²) >= 11 is 6.15. The van der Waals surface area contributed by atoms with E-state index in [1.54, 1.807) is 13.0 Å². The maximum atomic E-state index is 11.6. The van der Waals surface area contributed by atoms with Gasteiger partial charge in [0.2, 0.25) is 5.91 Å². The van der Waals surface area contributed by atoms with Crippen molar-refractivity contribution in [2.75, 3.05) is 71.3 Å². The van der Waals surface area contributed by atoms with E-state index in [1.165, 1.54) is 31.6 Å². The number of anilines is 2. The summed E-state index contributed by atoms with van der Waals surface area (Å²) in [5, 5.41) is 7.39. The van der Waals surface area contributed by atoms with Gasteiger partial charge < -0.3 is 40.6 Å². The third-order valence-electron chi connectivity index (χ3n) is 9.22. The van der Waals surface area contributed by atoms with Crippen LogP contribution in [0.15, 0.2) is 94.9 Å². The number of piperazine rings is 1. The van der Waals surface area contributed by atoms with Gasteiger partial charge in [-0.3, -0.25) is 9.79 Å². The minimum Gasteiger partial charge on any atom is -0.454 e. The fraction of sp³-hybridized carbons (Fsp3) is 0.375. The molecule has 4 aromatic rings. The van der Waals surface area contributed by atoms with Gasteiger partial charge >= 0.3 is 0 Å². The molecule has 60 heavy (non-hydrogen) atoms. The van der Waals surface area contributed by atoms with E-state index in [-0.39, 0.29) is 12.5 Å². The first kappa shape index (κ1) is 48.9. The van der Waals surface area contributed by atoms with Gasteiger partial charge in [0.25, 0.3) is 0 Å². The number of terminal acetylenes is 1. The van der Waals surface area contributed by atoms with Crippen LogP contribution in [-0.2, 0) is 16.0 Å². The van der Waals surface area contributed by atoms with E-state index in [0.717, 1.165) is 71.7 Å². The Morgan fingerprint density at radius 2 is 1.57 bits per heavy atom. The Balaban J connectivity index is 0.000000236. The van der Waals surface area contributed by atoms with Gasteiger partial charge in [0, 0.05) is 75.2 Å². The van der Waals surface area contributed by atoms with Crippen molar-refractivity contribution in [3.05, 3.63) is 107 Å². The molecule has 2 fully saturated rings. The Morgan fingerprint density at radius 1 is 0.883 bits per heavy atom. The van der Waals surface area contributed by atoms with Crippen LogP contribution < -0.4 is 21.1 Å². The molecule has 4 aliphatic heterocycles. The van der Waals surface area contributed by atoms with Crippen LogP contribution in [0.5, 0.6) is 11.5 Å². The molecule has 0 atom stereocenters. The molecule has 4 N–H and O–H groups in total. The van der Waals surface area contributed by atoms with Crippen molar-refractivity contribution in [2.24, 2.45) is 21.6 Å². The molecule has 0 unspecified atom stereocenters. The van der Waals surface area contributed by atoms with Crippen LogP contribution in [0.1, 0.15) is 57.7 Å². The van der Waals surface area contributed by atoms with E-state index in [9.17, 15) is 4.79 Å². The molecule has 0 aliphatic carbocycles. The fourth-order valence-corrected chi connectivity index (χ4v) is 6.34. The summed E-state index contributed by atoms with van der Waals surface area (Å²) in [4.78, 5) is 36.5. The zero-order chi connectivity index (χ0) is 43.9. The lowest BCUT2D eigenvalue weighted by atomic mass is 10.1. The number of benzene rings is 4. The lowest BCUT2D eigenvalue weighted by Crippen LogP contribution is -2.50. The molecule has 1 amide bonds. The normalized spacial score (nSPS) is 14.7. The fourth-order valence-electron chi connectivity index (χ4n) is 6.17. The van der Waals surface area contributed by atoms with Crippen LogP contribution in [0.2, 0.25) is 5.02 Å². The Labute approximate surface area is 363 Å². The number of likely N-dealkylation sites (N-methyl/N-ethyl adjacent to an activating group) is 1. The third kappa shape index (κ3) is 15.9.